The minimum absolute atomic E-state index is 0.361. The fourth-order valence-electron chi connectivity index (χ4n) is 1.75. The summed E-state index contributed by atoms with van der Waals surface area (Å²) in [5.74, 6) is 0.627. The first-order valence-corrected chi connectivity index (χ1v) is 6.67. The van der Waals surface area contributed by atoms with E-state index in [1.54, 1.807) is 12.3 Å². The number of nitrogens with two attached hydrogens (primary N) is 1. The first-order chi connectivity index (χ1) is 9.20. The number of pyridine rings is 1. The molecule has 0 radical (unpaired) electrons. The molecule has 2 aromatic rings. The molecule has 0 aliphatic rings. The number of ether oxygens (including phenoxy) is 1. The van der Waals surface area contributed by atoms with Gasteiger partial charge in [0.15, 0.2) is 0 Å². The maximum atomic E-state index is 6.17. The van der Waals surface area contributed by atoms with E-state index in [4.69, 9.17) is 33.7 Å². The fraction of sp³-hybridized carbons (Fsp3) is 0.214. The fourth-order valence-corrected chi connectivity index (χ4v) is 2.34. The van der Waals surface area contributed by atoms with Crippen molar-refractivity contribution in [3.63, 3.8) is 0 Å². The Balaban J connectivity index is 2.19. The van der Waals surface area contributed by atoms with E-state index in [-0.39, 0.29) is 0 Å². The van der Waals surface area contributed by atoms with Crippen LogP contribution in [0.4, 0.5) is 0 Å². The molecule has 5 heteroatoms. The lowest BCUT2D eigenvalue weighted by Crippen LogP contribution is -2.06. The van der Waals surface area contributed by atoms with Crippen LogP contribution in [0.3, 0.4) is 0 Å². The van der Waals surface area contributed by atoms with Gasteiger partial charge < -0.3 is 10.5 Å². The third-order valence-electron chi connectivity index (χ3n) is 2.59. The molecule has 0 fully saturated rings. The van der Waals surface area contributed by atoms with Crippen LogP contribution in [-0.2, 0) is 13.0 Å². The number of halogens is 2. The van der Waals surface area contributed by atoms with Gasteiger partial charge in [0.05, 0.1) is 10.7 Å². The second-order valence-corrected chi connectivity index (χ2v) is 4.87. The van der Waals surface area contributed by atoms with E-state index in [9.17, 15) is 0 Å². The molecule has 0 unspecified atom stereocenters. The van der Waals surface area contributed by atoms with Gasteiger partial charge in [-0.3, -0.25) is 4.98 Å². The molecular weight excluding hydrogens is 283 g/mol. The van der Waals surface area contributed by atoms with Gasteiger partial charge in [0, 0.05) is 11.2 Å². The highest BCUT2D eigenvalue weighted by molar-refractivity contribution is 6.35. The van der Waals surface area contributed by atoms with Gasteiger partial charge >= 0.3 is 0 Å². The van der Waals surface area contributed by atoms with E-state index in [2.05, 4.69) is 4.98 Å². The van der Waals surface area contributed by atoms with E-state index in [1.807, 2.05) is 24.3 Å². The molecular formula is C14H14Cl2N2O. The van der Waals surface area contributed by atoms with Crippen molar-refractivity contribution in [3.8, 4) is 5.75 Å². The molecule has 0 saturated carbocycles. The summed E-state index contributed by atoms with van der Waals surface area (Å²) < 4.78 is 5.75. The van der Waals surface area contributed by atoms with E-state index >= 15 is 0 Å². The molecule has 1 aromatic carbocycles. The largest absolute Gasteiger partial charge is 0.485 e. The summed E-state index contributed by atoms with van der Waals surface area (Å²) in [6.07, 6.45) is 2.39. The molecule has 19 heavy (non-hydrogen) atoms. The van der Waals surface area contributed by atoms with Gasteiger partial charge in [-0.2, -0.15) is 0 Å². The molecule has 0 aliphatic heterocycles. The van der Waals surface area contributed by atoms with E-state index < -0.39 is 0 Å². The molecule has 0 aliphatic carbocycles. The second-order valence-electron chi connectivity index (χ2n) is 4.02. The smallest absolute Gasteiger partial charge is 0.141 e. The van der Waals surface area contributed by atoms with Gasteiger partial charge in [-0.15, -0.1) is 0 Å². The van der Waals surface area contributed by atoms with Crippen LogP contribution in [-0.4, -0.2) is 11.5 Å². The van der Waals surface area contributed by atoms with Crippen molar-refractivity contribution in [1.29, 1.82) is 0 Å². The van der Waals surface area contributed by atoms with Crippen LogP contribution in [0.5, 0.6) is 5.75 Å². The van der Waals surface area contributed by atoms with Crippen molar-refractivity contribution >= 4 is 23.2 Å². The lowest BCUT2D eigenvalue weighted by atomic mass is 10.1. The minimum Gasteiger partial charge on any atom is -0.485 e. The van der Waals surface area contributed by atoms with Crippen LogP contribution in [0, 0.1) is 0 Å². The van der Waals surface area contributed by atoms with Crippen molar-refractivity contribution in [2.45, 2.75) is 13.0 Å². The van der Waals surface area contributed by atoms with Gasteiger partial charge in [-0.25, -0.2) is 0 Å². The Hall–Kier alpha value is -1.29. The second kappa shape index (κ2) is 6.75. The Labute approximate surface area is 122 Å². The monoisotopic (exact) mass is 296 g/mol. The number of nitrogens with zero attached hydrogens (tertiary/aromatic N) is 1. The molecule has 0 saturated heterocycles. The van der Waals surface area contributed by atoms with E-state index in [0.717, 1.165) is 11.3 Å². The van der Waals surface area contributed by atoms with Crippen LogP contribution < -0.4 is 10.5 Å². The van der Waals surface area contributed by atoms with Gasteiger partial charge in [-0.05, 0) is 42.8 Å². The van der Waals surface area contributed by atoms with Crippen LogP contribution in [0.2, 0.25) is 10.0 Å². The van der Waals surface area contributed by atoms with Crippen LogP contribution in [0.25, 0.3) is 0 Å². The zero-order chi connectivity index (χ0) is 13.7. The normalized spacial score (nSPS) is 10.5. The zero-order valence-corrected chi connectivity index (χ0v) is 11.8. The number of aromatic nitrogens is 1. The molecule has 1 aromatic heterocycles. The van der Waals surface area contributed by atoms with Crippen molar-refractivity contribution < 1.29 is 4.74 Å². The van der Waals surface area contributed by atoms with Gasteiger partial charge in [0.1, 0.15) is 12.4 Å². The highest BCUT2D eigenvalue weighted by atomic mass is 35.5. The molecule has 0 atom stereocenters. The maximum absolute atomic E-state index is 6.17. The van der Waals surface area contributed by atoms with Crippen LogP contribution in [0.15, 0.2) is 36.5 Å². The highest BCUT2D eigenvalue weighted by Crippen LogP contribution is 2.33. The Morgan fingerprint density at radius 2 is 2.05 bits per heavy atom. The standard InChI is InChI=1S/C14H14Cl2N2O/c15-11-7-10(4-5-17)14(13(16)8-11)19-9-12-3-1-2-6-18-12/h1-3,6-8H,4-5,9,17H2. The molecule has 2 rings (SSSR count). The number of benzene rings is 1. The van der Waals surface area contributed by atoms with Gasteiger partial charge in [0.2, 0.25) is 0 Å². The third kappa shape index (κ3) is 3.83. The van der Waals surface area contributed by atoms with Crippen molar-refractivity contribution in [1.82, 2.24) is 4.98 Å². The molecule has 100 valence electrons. The van der Waals surface area contributed by atoms with Crippen molar-refractivity contribution in [3.05, 3.63) is 57.8 Å². The summed E-state index contributed by atoms with van der Waals surface area (Å²) in [5, 5.41) is 1.07. The summed E-state index contributed by atoms with van der Waals surface area (Å²) in [6.45, 7) is 0.871. The molecule has 0 bridgehead atoms. The summed E-state index contributed by atoms with van der Waals surface area (Å²) >= 11 is 12.1. The average Bonchev–Trinajstić information content (AvgIpc) is 2.39. The van der Waals surface area contributed by atoms with Crippen LogP contribution >= 0.6 is 23.2 Å². The Morgan fingerprint density at radius 1 is 1.21 bits per heavy atom. The summed E-state index contributed by atoms with van der Waals surface area (Å²) in [6, 6.07) is 9.16. The Morgan fingerprint density at radius 3 is 2.74 bits per heavy atom. The maximum Gasteiger partial charge on any atom is 0.141 e. The topological polar surface area (TPSA) is 48.1 Å². The first-order valence-electron chi connectivity index (χ1n) is 5.91. The van der Waals surface area contributed by atoms with Gasteiger partial charge in [-0.1, -0.05) is 29.3 Å². The lowest BCUT2D eigenvalue weighted by Gasteiger charge is -2.13. The van der Waals surface area contributed by atoms with Crippen molar-refractivity contribution in [2.75, 3.05) is 6.54 Å². The Kier molecular flexibility index (Phi) is 5.02. The molecule has 0 amide bonds. The SMILES string of the molecule is NCCc1cc(Cl)cc(Cl)c1OCc1ccccn1. The minimum atomic E-state index is 0.361. The first kappa shape index (κ1) is 14.1. The molecule has 0 spiro atoms. The predicted molar refractivity (Wildman–Crippen MR) is 77.8 cm³/mol. The highest BCUT2D eigenvalue weighted by Gasteiger charge is 2.10. The van der Waals surface area contributed by atoms with Crippen molar-refractivity contribution in [2.24, 2.45) is 5.73 Å². The average molecular weight is 297 g/mol. The third-order valence-corrected chi connectivity index (χ3v) is 3.09. The summed E-state index contributed by atoms with van der Waals surface area (Å²) in [4.78, 5) is 4.20. The predicted octanol–water partition coefficient (Wildman–Crippen LogP) is 3.47. The number of hydrogen-bond donors (Lipinski definition) is 1. The molecule has 3 nitrogen and oxygen atoms in total. The number of rotatable bonds is 5. The Bertz CT molecular complexity index is 547. The number of hydrogen-bond acceptors (Lipinski definition) is 3. The lowest BCUT2D eigenvalue weighted by molar-refractivity contribution is 0.298. The van der Waals surface area contributed by atoms with E-state index in [0.29, 0.717) is 35.4 Å². The van der Waals surface area contributed by atoms with Crippen LogP contribution in [0.1, 0.15) is 11.3 Å². The van der Waals surface area contributed by atoms with E-state index in [1.165, 1.54) is 0 Å². The van der Waals surface area contributed by atoms with Gasteiger partial charge in [0.25, 0.3) is 0 Å². The molecule has 2 N–H and O–H groups in total. The summed E-state index contributed by atoms with van der Waals surface area (Å²) in [5.41, 5.74) is 7.34. The zero-order valence-electron chi connectivity index (χ0n) is 10.3. The molecule has 1 heterocycles. The summed E-state index contributed by atoms with van der Waals surface area (Å²) in [7, 11) is 0. The quantitative estimate of drug-likeness (QED) is 0.919.